The summed E-state index contributed by atoms with van der Waals surface area (Å²) in [5.74, 6) is -1.37. The van der Waals surface area contributed by atoms with Gasteiger partial charge >= 0.3 is 5.97 Å². The molecule has 0 unspecified atom stereocenters. The first kappa shape index (κ1) is 25.3. The Morgan fingerprint density at radius 2 is 1.69 bits per heavy atom. The molecule has 2 N–H and O–H groups in total. The molecule has 1 aromatic heterocycles. The van der Waals surface area contributed by atoms with Crippen LogP contribution in [0.1, 0.15) is 18.4 Å². The van der Waals surface area contributed by atoms with Gasteiger partial charge in [-0.1, -0.05) is 53.2 Å². The molecule has 0 aliphatic rings. The number of rotatable bonds is 10. The quantitative estimate of drug-likeness (QED) is 0.330. The molecule has 2 atom stereocenters. The van der Waals surface area contributed by atoms with Crippen LogP contribution >= 0.6 is 11.6 Å². The largest absolute Gasteiger partial charge is 0.497 e. The molecule has 0 radical (unpaired) electrons. The van der Waals surface area contributed by atoms with E-state index in [1.54, 1.807) is 25.3 Å². The Hall–Kier alpha value is -3.75. The third-order valence-electron chi connectivity index (χ3n) is 6.22. The van der Waals surface area contributed by atoms with Crippen molar-refractivity contribution in [1.82, 2.24) is 15.0 Å². The van der Waals surface area contributed by atoms with Crippen molar-refractivity contribution in [3.05, 3.63) is 87.7 Å². The van der Waals surface area contributed by atoms with E-state index in [-0.39, 0.29) is 24.9 Å². The van der Waals surface area contributed by atoms with E-state index in [2.05, 4.69) is 10.3 Å². The Morgan fingerprint density at radius 1 is 1.03 bits per heavy atom. The number of benzene rings is 3. The highest BCUT2D eigenvalue weighted by Crippen LogP contribution is 2.24. The van der Waals surface area contributed by atoms with Crippen LogP contribution in [0, 0.1) is 5.92 Å². The Morgan fingerprint density at radius 3 is 2.33 bits per heavy atom. The summed E-state index contributed by atoms with van der Waals surface area (Å²) in [6, 6.07) is 20.4. The monoisotopic (exact) mass is 507 g/mol. The Labute approximate surface area is 212 Å². The van der Waals surface area contributed by atoms with E-state index in [1.807, 2.05) is 48.5 Å². The van der Waals surface area contributed by atoms with Crippen molar-refractivity contribution in [3.8, 4) is 16.9 Å². The lowest BCUT2D eigenvalue weighted by Gasteiger charge is -2.19. The number of ether oxygens (including phenoxy) is 1. The van der Waals surface area contributed by atoms with E-state index < -0.39 is 18.0 Å². The van der Waals surface area contributed by atoms with Crippen LogP contribution in [-0.2, 0) is 17.8 Å². The van der Waals surface area contributed by atoms with Crippen LogP contribution in [-0.4, -0.2) is 44.4 Å². The van der Waals surface area contributed by atoms with Crippen molar-refractivity contribution in [3.63, 3.8) is 0 Å². The van der Waals surface area contributed by atoms with Gasteiger partial charge in [0.15, 0.2) is 0 Å². The Kier molecular flexibility index (Phi) is 7.97. The minimum Gasteiger partial charge on any atom is -0.497 e. The smallest absolute Gasteiger partial charge is 0.309 e. The highest BCUT2D eigenvalue weighted by atomic mass is 35.5. The van der Waals surface area contributed by atoms with Gasteiger partial charge in [0.2, 0.25) is 0 Å². The van der Waals surface area contributed by atoms with Gasteiger partial charge in [-0.2, -0.15) is 0 Å². The van der Waals surface area contributed by atoms with Crippen LogP contribution in [0.4, 0.5) is 0 Å². The number of carboxylic acid groups (broad SMARTS) is 1. The number of nitrogens with zero attached hydrogens (tertiary/aromatic N) is 3. The van der Waals surface area contributed by atoms with E-state index in [4.69, 9.17) is 16.3 Å². The maximum atomic E-state index is 12.7. The van der Waals surface area contributed by atoms with Gasteiger partial charge in [0, 0.05) is 11.6 Å². The normalized spacial score (nSPS) is 12.9. The first-order valence-electron chi connectivity index (χ1n) is 11.5. The van der Waals surface area contributed by atoms with Gasteiger partial charge in [0.25, 0.3) is 5.56 Å². The van der Waals surface area contributed by atoms with Gasteiger partial charge in [-0.15, -0.1) is 5.10 Å². The topological polar surface area (TPSA) is 115 Å². The molecule has 8 nitrogen and oxygen atoms in total. The van der Waals surface area contributed by atoms with Gasteiger partial charge < -0.3 is 14.9 Å². The third-order valence-corrected chi connectivity index (χ3v) is 6.46. The summed E-state index contributed by atoms with van der Waals surface area (Å²) in [5.41, 5.74) is 3.09. The fourth-order valence-electron chi connectivity index (χ4n) is 4.10. The first-order chi connectivity index (χ1) is 17.4. The second-order valence-corrected chi connectivity index (χ2v) is 8.98. The highest BCUT2D eigenvalue weighted by Gasteiger charge is 2.26. The van der Waals surface area contributed by atoms with E-state index in [0.29, 0.717) is 22.3 Å². The Bertz CT molecular complexity index is 1400. The molecule has 0 saturated carbocycles. The number of hydrogen-bond acceptors (Lipinski definition) is 6. The second kappa shape index (κ2) is 11.3. The van der Waals surface area contributed by atoms with Crippen molar-refractivity contribution in [2.75, 3.05) is 7.11 Å². The molecule has 0 spiro atoms. The van der Waals surface area contributed by atoms with Crippen molar-refractivity contribution in [2.45, 2.75) is 31.9 Å². The highest BCUT2D eigenvalue weighted by molar-refractivity contribution is 6.31. The molecule has 36 heavy (non-hydrogen) atoms. The summed E-state index contributed by atoms with van der Waals surface area (Å²) >= 11 is 5.93. The summed E-state index contributed by atoms with van der Waals surface area (Å²) in [6.07, 6.45) is -0.243. The lowest BCUT2D eigenvalue weighted by atomic mass is 9.93. The zero-order valence-electron chi connectivity index (χ0n) is 19.7. The van der Waals surface area contributed by atoms with Crippen molar-refractivity contribution < 1.29 is 19.7 Å². The van der Waals surface area contributed by atoms with Crippen molar-refractivity contribution in [2.24, 2.45) is 5.92 Å². The predicted octanol–water partition coefficient (Wildman–Crippen LogP) is 4.21. The number of aromatic nitrogens is 3. The number of hydrogen-bond donors (Lipinski definition) is 2. The molecule has 3 aromatic carbocycles. The summed E-state index contributed by atoms with van der Waals surface area (Å²) < 4.78 is 6.31. The van der Waals surface area contributed by atoms with Crippen molar-refractivity contribution in [1.29, 1.82) is 0 Å². The lowest BCUT2D eigenvalue weighted by molar-refractivity contribution is -0.146. The minimum atomic E-state index is -1.12. The Balaban J connectivity index is 1.37. The van der Waals surface area contributed by atoms with Crippen LogP contribution in [0.15, 0.2) is 71.5 Å². The molecule has 4 aromatic rings. The predicted molar refractivity (Wildman–Crippen MR) is 137 cm³/mol. The average Bonchev–Trinajstić information content (AvgIpc) is 2.89. The van der Waals surface area contributed by atoms with Gasteiger partial charge in [0.1, 0.15) is 11.3 Å². The molecule has 0 aliphatic carbocycles. The molecular weight excluding hydrogens is 482 g/mol. The molecule has 0 saturated heterocycles. The summed E-state index contributed by atoms with van der Waals surface area (Å²) in [5, 5.41) is 29.0. The third kappa shape index (κ3) is 5.90. The number of aliphatic hydroxyl groups excluding tert-OH is 1. The first-order valence-corrected chi connectivity index (χ1v) is 11.9. The molecule has 0 aliphatic heterocycles. The van der Waals surface area contributed by atoms with Crippen LogP contribution in [0.5, 0.6) is 5.75 Å². The summed E-state index contributed by atoms with van der Waals surface area (Å²) in [6.45, 7) is 0.0228. The standard InChI is InChI=1S/C27H26ClN3O5/c1-36-21-10-7-19(8-11-21)18-5-2-17(3-6-18)4-13-25(32)23(27(34)35)14-15-31-26(33)22-12-9-20(28)16-24(22)29-30-31/h2-3,5-12,16,23,25,32H,4,13-15H2,1H3,(H,34,35)/t23-,25+/m0/s1. The van der Waals surface area contributed by atoms with E-state index >= 15 is 0 Å². The zero-order chi connectivity index (χ0) is 25.7. The molecule has 0 fully saturated rings. The van der Waals surface area contributed by atoms with Crippen molar-refractivity contribution >= 4 is 28.5 Å². The maximum Gasteiger partial charge on any atom is 0.309 e. The van der Waals surface area contributed by atoms with Crippen LogP contribution in [0.3, 0.4) is 0 Å². The maximum absolute atomic E-state index is 12.7. The number of fused-ring (bicyclic) bond motifs is 1. The molecule has 1 heterocycles. The fourth-order valence-corrected chi connectivity index (χ4v) is 4.27. The van der Waals surface area contributed by atoms with E-state index in [1.165, 1.54) is 0 Å². The van der Waals surface area contributed by atoms with Gasteiger partial charge in [0.05, 0.1) is 24.5 Å². The number of methoxy groups -OCH3 is 1. The number of aliphatic hydroxyl groups is 1. The number of aryl methyl sites for hydroxylation is 2. The minimum absolute atomic E-state index is 0.0228. The van der Waals surface area contributed by atoms with Gasteiger partial charge in [-0.25, -0.2) is 4.68 Å². The molecule has 4 rings (SSSR count). The molecule has 9 heteroatoms. The fraction of sp³-hybridized carbons (Fsp3) is 0.259. The second-order valence-electron chi connectivity index (χ2n) is 8.54. The van der Waals surface area contributed by atoms with E-state index in [0.717, 1.165) is 27.1 Å². The molecule has 0 bridgehead atoms. The van der Waals surface area contributed by atoms with Gasteiger partial charge in [-0.3, -0.25) is 9.59 Å². The molecular formula is C27H26ClN3O5. The summed E-state index contributed by atoms with van der Waals surface area (Å²) in [7, 11) is 1.63. The average molecular weight is 508 g/mol. The van der Waals surface area contributed by atoms with Crippen LogP contribution < -0.4 is 10.3 Å². The lowest BCUT2D eigenvalue weighted by Crippen LogP contribution is -2.32. The van der Waals surface area contributed by atoms with E-state index in [9.17, 15) is 19.8 Å². The number of carboxylic acids is 1. The number of halogens is 1. The number of carbonyl (C=O) groups is 1. The molecule has 0 amide bonds. The zero-order valence-corrected chi connectivity index (χ0v) is 20.4. The van der Waals surface area contributed by atoms with Crippen LogP contribution in [0.25, 0.3) is 22.0 Å². The van der Waals surface area contributed by atoms with Gasteiger partial charge in [-0.05, 0) is 66.3 Å². The molecule has 186 valence electrons. The van der Waals surface area contributed by atoms with Crippen LogP contribution in [0.2, 0.25) is 5.02 Å². The SMILES string of the molecule is COc1ccc(-c2ccc(CC[C@@H](O)[C@H](CCn3nnc4cc(Cl)ccc4c3=O)C(=O)O)cc2)cc1. The number of aliphatic carboxylic acids is 1. The summed E-state index contributed by atoms with van der Waals surface area (Å²) in [4.78, 5) is 24.5.